The Morgan fingerprint density at radius 3 is 2.52 bits per heavy atom. The Labute approximate surface area is 167 Å². The monoisotopic (exact) mass is 432 g/mol. The SMILES string of the molecule is FC(F)(F)c1ccc(NC2=Nc3cc(Cl)cc(Cl)c3N3CCN=C23)cc1Cl. The quantitative estimate of drug-likeness (QED) is 0.595. The maximum absolute atomic E-state index is 12.9. The maximum Gasteiger partial charge on any atom is 0.417 e. The molecule has 0 amide bonds. The summed E-state index contributed by atoms with van der Waals surface area (Å²) in [5.41, 5.74) is 0.712. The second-order valence-electron chi connectivity index (χ2n) is 5.89. The lowest BCUT2D eigenvalue weighted by molar-refractivity contribution is -0.137. The number of benzene rings is 2. The van der Waals surface area contributed by atoms with E-state index in [4.69, 9.17) is 34.8 Å². The van der Waals surface area contributed by atoms with Gasteiger partial charge < -0.3 is 10.2 Å². The molecule has 2 aliphatic heterocycles. The van der Waals surface area contributed by atoms with Crippen LogP contribution in [0.25, 0.3) is 0 Å². The molecule has 2 aromatic carbocycles. The first-order chi connectivity index (χ1) is 12.7. The number of hydrogen-bond acceptors (Lipinski definition) is 4. The van der Waals surface area contributed by atoms with Crippen molar-refractivity contribution < 1.29 is 13.2 Å². The van der Waals surface area contributed by atoms with E-state index in [1.807, 2.05) is 4.90 Å². The molecule has 2 aliphatic rings. The molecule has 4 rings (SSSR count). The first-order valence-electron chi connectivity index (χ1n) is 7.78. The molecule has 0 aromatic heterocycles. The number of nitrogens with one attached hydrogen (secondary N) is 1. The number of halogens is 6. The average molecular weight is 434 g/mol. The molecule has 2 heterocycles. The molecule has 140 valence electrons. The van der Waals surface area contributed by atoms with Crippen molar-refractivity contribution in [1.82, 2.24) is 0 Å². The minimum atomic E-state index is -4.52. The molecular formula is C17H10Cl3F3N4. The highest BCUT2D eigenvalue weighted by Gasteiger charge is 2.34. The maximum atomic E-state index is 12.9. The van der Waals surface area contributed by atoms with Crippen LogP contribution in [0.15, 0.2) is 40.3 Å². The third kappa shape index (κ3) is 3.35. The van der Waals surface area contributed by atoms with Gasteiger partial charge in [-0.25, -0.2) is 4.99 Å². The van der Waals surface area contributed by atoms with E-state index in [1.165, 1.54) is 12.1 Å². The van der Waals surface area contributed by atoms with Gasteiger partial charge in [-0.05, 0) is 30.3 Å². The fourth-order valence-corrected chi connectivity index (χ4v) is 3.86. The first-order valence-corrected chi connectivity index (χ1v) is 8.91. The average Bonchev–Trinajstić information content (AvgIpc) is 3.02. The number of hydrogen-bond donors (Lipinski definition) is 1. The van der Waals surface area contributed by atoms with Crippen molar-refractivity contribution in [2.24, 2.45) is 9.98 Å². The first kappa shape index (κ1) is 18.4. The van der Waals surface area contributed by atoms with Gasteiger partial charge in [-0.2, -0.15) is 13.2 Å². The number of rotatable bonds is 1. The van der Waals surface area contributed by atoms with Crippen molar-refractivity contribution in [3.8, 4) is 0 Å². The number of alkyl halides is 3. The molecule has 0 unspecified atom stereocenters. The van der Waals surface area contributed by atoms with Crippen molar-refractivity contribution >= 4 is 63.5 Å². The Morgan fingerprint density at radius 2 is 1.81 bits per heavy atom. The van der Waals surface area contributed by atoms with E-state index in [-0.39, 0.29) is 0 Å². The number of aliphatic imine (C=N–C) groups is 2. The number of nitrogens with zero attached hydrogens (tertiary/aromatic N) is 3. The third-order valence-corrected chi connectivity index (χ3v) is 4.92. The van der Waals surface area contributed by atoms with E-state index in [0.717, 1.165) is 6.07 Å². The zero-order chi connectivity index (χ0) is 19.3. The molecule has 0 saturated heterocycles. The number of fused-ring (bicyclic) bond motifs is 3. The Kier molecular flexibility index (Phi) is 4.49. The Morgan fingerprint density at radius 1 is 1.04 bits per heavy atom. The summed E-state index contributed by atoms with van der Waals surface area (Å²) in [6.45, 7) is 1.15. The molecular weight excluding hydrogens is 424 g/mol. The Balaban J connectivity index is 1.73. The number of anilines is 2. The minimum absolute atomic E-state index is 0.359. The molecule has 2 aromatic rings. The standard InChI is InChI=1S/C17H10Cl3F3N4/c18-8-5-12(20)14-13(6-8)26-15(16-24-3-4-27(14)16)25-9-1-2-10(11(19)7-9)17(21,22)23/h1-2,5-7H,3-4H2,(H,25,26). The predicted molar refractivity (Wildman–Crippen MR) is 103 cm³/mol. The van der Waals surface area contributed by atoms with E-state index in [2.05, 4.69) is 15.3 Å². The fourth-order valence-electron chi connectivity index (χ4n) is 2.99. The van der Waals surface area contributed by atoms with Crippen LogP contribution in [0.1, 0.15) is 5.56 Å². The summed E-state index contributed by atoms with van der Waals surface area (Å²) in [7, 11) is 0. The van der Waals surface area contributed by atoms with E-state index in [1.54, 1.807) is 12.1 Å². The summed E-state index contributed by atoms with van der Waals surface area (Å²) < 4.78 is 38.6. The molecule has 27 heavy (non-hydrogen) atoms. The van der Waals surface area contributed by atoms with Gasteiger partial charge in [-0.3, -0.25) is 4.99 Å². The lowest BCUT2D eigenvalue weighted by Crippen LogP contribution is -2.39. The van der Waals surface area contributed by atoms with Gasteiger partial charge >= 0.3 is 6.18 Å². The second-order valence-corrected chi connectivity index (χ2v) is 7.14. The Bertz CT molecular complexity index is 1000. The van der Waals surface area contributed by atoms with Crippen LogP contribution in [0.3, 0.4) is 0 Å². The van der Waals surface area contributed by atoms with E-state index >= 15 is 0 Å². The van der Waals surface area contributed by atoms with Gasteiger partial charge in [0.05, 0.1) is 33.5 Å². The lowest BCUT2D eigenvalue weighted by Gasteiger charge is -2.28. The summed E-state index contributed by atoms with van der Waals surface area (Å²) in [6.07, 6.45) is -4.52. The minimum Gasteiger partial charge on any atom is -0.337 e. The van der Waals surface area contributed by atoms with Crippen LogP contribution in [-0.2, 0) is 6.18 Å². The second kappa shape index (κ2) is 6.58. The summed E-state index contributed by atoms with van der Waals surface area (Å²) in [6, 6.07) is 6.70. The Hall–Kier alpha value is -1.96. The van der Waals surface area contributed by atoms with Crippen molar-refractivity contribution in [3.05, 3.63) is 51.0 Å². The van der Waals surface area contributed by atoms with Crippen LogP contribution in [0.4, 0.5) is 30.2 Å². The van der Waals surface area contributed by atoms with Crippen molar-refractivity contribution in [3.63, 3.8) is 0 Å². The highest BCUT2D eigenvalue weighted by Crippen LogP contribution is 2.42. The molecule has 0 saturated carbocycles. The van der Waals surface area contributed by atoms with E-state index in [9.17, 15) is 13.2 Å². The van der Waals surface area contributed by atoms with Crippen LogP contribution in [0, 0.1) is 0 Å². The zero-order valence-electron chi connectivity index (χ0n) is 13.4. The van der Waals surface area contributed by atoms with Gasteiger partial charge in [0.1, 0.15) is 0 Å². The lowest BCUT2D eigenvalue weighted by atomic mass is 10.1. The molecule has 0 spiro atoms. The van der Waals surface area contributed by atoms with Gasteiger partial charge in [0, 0.05) is 17.3 Å². The van der Waals surface area contributed by atoms with Crippen molar-refractivity contribution in [2.45, 2.75) is 6.18 Å². The molecule has 10 heteroatoms. The highest BCUT2D eigenvalue weighted by atomic mass is 35.5. The van der Waals surface area contributed by atoms with Gasteiger partial charge in [-0.1, -0.05) is 34.8 Å². The molecule has 0 fully saturated rings. The molecule has 0 bridgehead atoms. The van der Waals surface area contributed by atoms with Gasteiger partial charge in [0.15, 0.2) is 11.7 Å². The van der Waals surface area contributed by atoms with Crippen LogP contribution in [-0.4, -0.2) is 24.8 Å². The topological polar surface area (TPSA) is 40.0 Å². The zero-order valence-corrected chi connectivity index (χ0v) is 15.7. The largest absolute Gasteiger partial charge is 0.417 e. The number of amidine groups is 2. The third-order valence-electron chi connectivity index (χ3n) is 4.10. The molecule has 0 aliphatic carbocycles. The molecule has 1 N–H and O–H groups in total. The highest BCUT2D eigenvalue weighted by molar-refractivity contribution is 6.52. The van der Waals surface area contributed by atoms with Gasteiger partial charge in [0.25, 0.3) is 0 Å². The van der Waals surface area contributed by atoms with Crippen LogP contribution < -0.4 is 10.2 Å². The molecule has 0 atom stereocenters. The molecule has 0 radical (unpaired) electrons. The molecule has 4 nitrogen and oxygen atoms in total. The van der Waals surface area contributed by atoms with Gasteiger partial charge in [0.2, 0.25) is 0 Å². The normalized spacial score (nSPS) is 15.9. The summed E-state index contributed by atoms with van der Waals surface area (Å²) in [5, 5.41) is 3.47. The summed E-state index contributed by atoms with van der Waals surface area (Å²) in [5.74, 6) is 0.942. The van der Waals surface area contributed by atoms with Gasteiger partial charge in [-0.15, -0.1) is 0 Å². The van der Waals surface area contributed by atoms with Crippen LogP contribution in [0.5, 0.6) is 0 Å². The van der Waals surface area contributed by atoms with E-state index < -0.39 is 16.8 Å². The fraction of sp³-hybridized carbons (Fsp3) is 0.176. The van der Waals surface area contributed by atoms with E-state index in [0.29, 0.717) is 51.9 Å². The summed E-state index contributed by atoms with van der Waals surface area (Å²) >= 11 is 18.2. The van der Waals surface area contributed by atoms with Crippen molar-refractivity contribution in [1.29, 1.82) is 0 Å². The van der Waals surface area contributed by atoms with Crippen LogP contribution in [0.2, 0.25) is 15.1 Å². The smallest absolute Gasteiger partial charge is 0.337 e. The van der Waals surface area contributed by atoms with Crippen LogP contribution >= 0.6 is 34.8 Å². The summed E-state index contributed by atoms with van der Waals surface area (Å²) in [4.78, 5) is 10.8. The predicted octanol–water partition coefficient (Wildman–Crippen LogP) is 6.04. The van der Waals surface area contributed by atoms with Crippen molar-refractivity contribution in [2.75, 3.05) is 23.3 Å².